The molecule has 0 heterocycles. The fourth-order valence-electron chi connectivity index (χ4n) is 0.238. The molecule has 0 saturated heterocycles. The Hall–Kier alpha value is -1.06. The average Bonchev–Trinajstić information content (AvgIpc) is 1.80. The minimum atomic E-state index is -4.24. The number of carbonyl (C=O) groups is 1. The molecule has 1 atom stereocenters. The van der Waals surface area contributed by atoms with Gasteiger partial charge in [0.05, 0.1) is 0 Å². The Kier molecular flexibility index (Phi) is 3.04. The van der Waals surface area contributed by atoms with Gasteiger partial charge in [-0.15, -0.1) is 0 Å². The first-order valence-electron chi connectivity index (χ1n) is 2.55. The van der Waals surface area contributed by atoms with Crippen LogP contribution in [0.3, 0.4) is 0 Å². The van der Waals surface area contributed by atoms with E-state index in [0.717, 1.165) is 6.92 Å². The van der Waals surface area contributed by atoms with Crippen LogP contribution in [0.25, 0.3) is 0 Å². The second-order valence-electron chi connectivity index (χ2n) is 1.73. The lowest BCUT2D eigenvalue weighted by atomic mass is 10.4. The molecule has 0 amide bonds. The van der Waals surface area contributed by atoms with Crippen LogP contribution >= 0.6 is 0 Å². The van der Waals surface area contributed by atoms with E-state index >= 15 is 0 Å². The Morgan fingerprint density at radius 2 is 2.00 bits per heavy atom. The van der Waals surface area contributed by atoms with Crippen molar-refractivity contribution < 1.29 is 22.9 Å². The second-order valence-corrected chi connectivity index (χ2v) is 3.47. The highest BCUT2D eigenvalue weighted by Gasteiger charge is 2.13. The third-order valence-electron chi connectivity index (χ3n) is 0.829. The number of hydrogen-bond acceptors (Lipinski definition) is 3. The lowest BCUT2D eigenvalue weighted by Crippen LogP contribution is -2.14. The molecule has 0 rings (SSSR count). The summed E-state index contributed by atoms with van der Waals surface area (Å²) in [6.45, 7) is 1.09. The lowest BCUT2D eigenvalue weighted by molar-refractivity contribution is -0.130. The molecule has 1 unspecified atom stereocenters. The zero-order valence-electron chi connectivity index (χ0n) is 5.60. The van der Waals surface area contributed by atoms with E-state index < -0.39 is 21.3 Å². The van der Waals surface area contributed by atoms with Gasteiger partial charge in [0.1, 0.15) is 5.25 Å². The number of aliphatic carboxylic acids is 1. The van der Waals surface area contributed by atoms with Gasteiger partial charge >= 0.3 is 5.97 Å². The van der Waals surface area contributed by atoms with Crippen molar-refractivity contribution in [1.29, 1.82) is 0 Å². The van der Waals surface area contributed by atoms with Crippen molar-refractivity contribution in [2.45, 2.75) is 12.2 Å². The van der Waals surface area contributed by atoms with Crippen molar-refractivity contribution in [3.63, 3.8) is 0 Å². The minimum absolute atomic E-state index is 1.09. The van der Waals surface area contributed by atoms with Crippen LogP contribution in [0.1, 0.15) is 6.92 Å². The summed E-state index contributed by atoms with van der Waals surface area (Å²) < 4.78 is 28.7. The molecule has 5 nitrogen and oxygen atoms in total. The monoisotopic (exact) mass is 178 g/mol. The maximum atomic E-state index is 10.2. The fourth-order valence-corrected chi connectivity index (χ4v) is 0.446. The van der Waals surface area contributed by atoms with Gasteiger partial charge in [0.15, 0.2) is 0 Å². The molecule has 0 aliphatic carbocycles. The zero-order chi connectivity index (χ0) is 9.07. The highest BCUT2D eigenvalue weighted by molar-refractivity contribution is 7.86. The summed E-state index contributed by atoms with van der Waals surface area (Å²) in [6.07, 6.45) is 0. The number of carboxylic acid groups (broad SMARTS) is 1. The molecule has 0 aromatic carbocycles. The molecule has 2 N–H and O–H groups in total. The van der Waals surface area contributed by atoms with E-state index in [4.69, 9.17) is 9.66 Å². The Morgan fingerprint density at radius 1 is 1.55 bits per heavy atom. The molecule has 0 aromatic rings. The van der Waals surface area contributed by atoms with E-state index in [2.05, 4.69) is 0 Å². The van der Waals surface area contributed by atoms with Gasteiger partial charge < -0.3 is 5.11 Å². The van der Waals surface area contributed by atoms with Crippen molar-refractivity contribution in [3.8, 4) is 11.8 Å². The van der Waals surface area contributed by atoms with E-state index in [-0.39, 0.29) is 0 Å². The van der Waals surface area contributed by atoms with Gasteiger partial charge in [0.2, 0.25) is 0 Å². The summed E-state index contributed by atoms with van der Waals surface area (Å²) in [5.41, 5.74) is 0. The smallest absolute Gasteiger partial charge is 0.381 e. The van der Waals surface area contributed by atoms with E-state index in [0.29, 0.717) is 0 Å². The molecule has 0 saturated carbocycles. The van der Waals surface area contributed by atoms with Crippen molar-refractivity contribution in [3.05, 3.63) is 0 Å². The minimum Gasteiger partial charge on any atom is -0.472 e. The van der Waals surface area contributed by atoms with Crippen molar-refractivity contribution in [2.75, 3.05) is 0 Å². The van der Waals surface area contributed by atoms with Crippen LogP contribution in [-0.2, 0) is 14.9 Å². The van der Waals surface area contributed by atoms with Crippen LogP contribution in [0.15, 0.2) is 0 Å². The van der Waals surface area contributed by atoms with Gasteiger partial charge in [-0.25, -0.2) is 4.79 Å². The van der Waals surface area contributed by atoms with Crippen LogP contribution < -0.4 is 0 Å². The van der Waals surface area contributed by atoms with Gasteiger partial charge in [-0.3, -0.25) is 4.55 Å². The maximum absolute atomic E-state index is 10.2. The molecule has 0 aromatic heterocycles. The summed E-state index contributed by atoms with van der Waals surface area (Å²) in [5.74, 6) is 1.98. The first kappa shape index (κ1) is 9.94. The Morgan fingerprint density at radius 3 is 2.27 bits per heavy atom. The molecule has 6 heteroatoms. The quantitative estimate of drug-likeness (QED) is 0.411. The molecule has 0 fully saturated rings. The molecule has 0 bridgehead atoms. The van der Waals surface area contributed by atoms with Crippen molar-refractivity contribution >= 4 is 16.1 Å². The Bertz CT molecular complexity index is 303. The number of hydrogen-bond donors (Lipinski definition) is 2. The molecule has 0 aliphatic rings. The second kappa shape index (κ2) is 3.37. The molecule has 0 radical (unpaired) electrons. The summed E-state index contributed by atoms with van der Waals surface area (Å²) in [7, 11) is -4.24. The van der Waals surface area contributed by atoms with E-state index in [1.165, 1.54) is 0 Å². The lowest BCUT2D eigenvalue weighted by Gasteiger charge is -1.95. The topological polar surface area (TPSA) is 91.7 Å². The molecular formula is C5H6O5S. The molecular weight excluding hydrogens is 172 g/mol. The molecule has 0 aliphatic heterocycles. The summed E-state index contributed by atoms with van der Waals surface area (Å²) in [5, 5.41) is 6.62. The normalized spacial score (nSPS) is 12.9. The van der Waals surface area contributed by atoms with Crippen LogP contribution in [0.5, 0.6) is 0 Å². The average molecular weight is 178 g/mol. The Balaban J connectivity index is 4.48. The van der Waals surface area contributed by atoms with Crippen LogP contribution in [0.2, 0.25) is 0 Å². The van der Waals surface area contributed by atoms with Crippen molar-refractivity contribution in [1.82, 2.24) is 0 Å². The van der Waals surface area contributed by atoms with E-state index in [1.54, 1.807) is 5.92 Å². The summed E-state index contributed by atoms with van der Waals surface area (Å²) in [6, 6.07) is 0. The highest BCUT2D eigenvalue weighted by Crippen LogP contribution is 1.93. The SMILES string of the molecule is CC(C#CC(=O)O)S(=O)(=O)O. The van der Waals surface area contributed by atoms with E-state index in [1.807, 2.05) is 5.92 Å². The van der Waals surface area contributed by atoms with Gasteiger partial charge in [-0.2, -0.15) is 8.42 Å². The van der Waals surface area contributed by atoms with Crippen LogP contribution in [0.4, 0.5) is 0 Å². The molecule has 11 heavy (non-hydrogen) atoms. The van der Waals surface area contributed by atoms with Crippen molar-refractivity contribution in [2.24, 2.45) is 0 Å². The zero-order valence-corrected chi connectivity index (χ0v) is 6.42. The first-order chi connectivity index (χ1) is 4.84. The predicted octanol–water partition coefficient (Wildman–Crippen LogP) is -0.649. The molecule has 62 valence electrons. The first-order valence-corrected chi connectivity index (χ1v) is 4.05. The largest absolute Gasteiger partial charge is 0.472 e. The number of carboxylic acids is 1. The van der Waals surface area contributed by atoms with Crippen LogP contribution in [0, 0.1) is 11.8 Å². The van der Waals surface area contributed by atoms with Crippen LogP contribution in [-0.4, -0.2) is 29.3 Å². The van der Waals surface area contributed by atoms with Gasteiger partial charge in [0.25, 0.3) is 10.1 Å². The summed E-state index contributed by atoms with van der Waals surface area (Å²) >= 11 is 0. The highest BCUT2D eigenvalue weighted by atomic mass is 32.2. The van der Waals surface area contributed by atoms with E-state index in [9.17, 15) is 13.2 Å². The molecule has 0 spiro atoms. The predicted molar refractivity (Wildman–Crippen MR) is 36.4 cm³/mol. The maximum Gasteiger partial charge on any atom is 0.381 e. The summed E-state index contributed by atoms with van der Waals surface area (Å²) in [4.78, 5) is 9.78. The third kappa shape index (κ3) is 4.36. The standard InChI is InChI=1S/C5H6O5S/c1-4(11(8,9)10)2-3-5(6)7/h4H,1H3,(H,6,7)(H,8,9,10). The van der Waals surface area contributed by atoms with Gasteiger partial charge in [-0.1, -0.05) is 5.92 Å². The Labute approximate surface area is 63.8 Å². The fraction of sp³-hybridized carbons (Fsp3) is 0.400. The third-order valence-corrected chi connectivity index (χ3v) is 1.84. The number of rotatable bonds is 1. The van der Waals surface area contributed by atoms with Gasteiger partial charge in [0, 0.05) is 5.92 Å². The van der Waals surface area contributed by atoms with Gasteiger partial charge in [-0.05, 0) is 6.92 Å².